The summed E-state index contributed by atoms with van der Waals surface area (Å²) in [6.07, 6.45) is 1.66. The Labute approximate surface area is 190 Å². The van der Waals surface area contributed by atoms with Gasteiger partial charge in [-0.15, -0.1) is 0 Å². The molecule has 1 aromatic heterocycles. The second-order valence-electron chi connectivity index (χ2n) is 7.98. The summed E-state index contributed by atoms with van der Waals surface area (Å²) in [5, 5.41) is 4.05. The normalized spacial score (nSPS) is 15.3. The van der Waals surface area contributed by atoms with E-state index in [2.05, 4.69) is 16.6 Å². The van der Waals surface area contributed by atoms with Gasteiger partial charge < -0.3 is 9.64 Å². The van der Waals surface area contributed by atoms with E-state index in [0.717, 1.165) is 24.2 Å². The molecule has 1 aliphatic heterocycles. The number of hydrogen-bond acceptors (Lipinski definition) is 7. The van der Waals surface area contributed by atoms with E-state index >= 15 is 0 Å². The Morgan fingerprint density at radius 2 is 1.94 bits per heavy atom. The van der Waals surface area contributed by atoms with Crippen LogP contribution in [-0.2, 0) is 33.0 Å². The molecule has 0 spiro atoms. The Morgan fingerprint density at radius 3 is 2.62 bits per heavy atom. The second-order valence-corrected chi connectivity index (χ2v) is 11.7. The van der Waals surface area contributed by atoms with E-state index in [-0.39, 0.29) is 11.4 Å². The summed E-state index contributed by atoms with van der Waals surface area (Å²) in [6, 6.07) is 9.09. The topological polar surface area (TPSA) is 132 Å². The van der Waals surface area contributed by atoms with Gasteiger partial charge in [-0.05, 0) is 62.1 Å². The molecule has 0 aliphatic carbocycles. The third-order valence-corrected chi connectivity index (χ3v) is 8.08. The van der Waals surface area contributed by atoms with Gasteiger partial charge in [0.15, 0.2) is 0 Å². The molecule has 9 nitrogen and oxygen atoms in total. The molecule has 0 radical (unpaired) electrons. The van der Waals surface area contributed by atoms with Gasteiger partial charge in [0.25, 0.3) is 0 Å². The van der Waals surface area contributed by atoms with Crippen molar-refractivity contribution in [1.29, 1.82) is 0 Å². The van der Waals surface area contributed by atoms with Crippen LogP contribution in [0.5, 0.6) is 5.75 Å². The first kappa shape index (κ1) is 24.4. The zero-order valence-corrected chi connectivity index (χ0v) is 20.2. The Kier molecular flexibility index (Phi) is 7.43. The number of nitrogens with zero attached hydrogens (tertiary/aromatic N) is 2. The lowest BCUT2D eigenvalue weighted by Crippen LogP contribution is -2.39. The lowest BCUT2D eigenvalue weighted by atomic mass is 9.99. The van der Waals surface area contributed by atoms with Crippen molar-refractivity contribution in [2.24, 2.45) is 5.14 Å². The summed E-state index contributed by atoms with van der Waals surface area (Å²) in [6.45, 7) is 6.65. The molecule has 11 heteroatoms. The van der Waals surface area contributed by atoms with Crippen molar-refractivity contribution in [1.82, 2.24) is 9.71 Å². The van der Waals surface area contributed by atoms with Crippen LogP contribution in [0.4, 0.5) is 5.82 Å². The number of pyridine rings is 1. The maximum atomic E-state index is 13.0. The summed E-state index contributed by atoms with van der Waals surface area (Å²) in [5.41, 5.74) is 2.94. The maximum Gasteiger partial charge on any atom is 0.244 e. The van der Waals surface area contributed by atoms with Crippen molar-refractivity contribution in [3.63, 3.8) is 0 Å². The Bertz CT molecular complexity index is 1180. The van der Waals surface area contributed by atoms with Crippen molar-refractivity contribution in [3.8, 4) is 5.75 Å². The van der Waals surface area contributed by atoms with E-state index in [9.17, 15) is 16.8 Å². The average Bonchev–Trinajstić information content (AvgIpc) is 2.74. The van der Waals surface area contributed by atoms with Crippen LogP contribution in [0.3, 0.4) is 0 Å². The first-order chi connectivity index (χ1) is 15.0. The van der Waals surface area contributed by atoms with Gasteiger partial charge in [-0.25, -0.2) is 31.7 Å². The van der Waals surface area contributed by atoms with Crippen LogP contribution in [0.15, 0.2) is 35.2 Å². The average molecular weight is 483 g/mol. The molecule has 1 unspecified atom stereocenters. The number of nitrogens with two attached hydrogens (primary N) is 1. The maximum absolute atomic E-state index is 13.0. The zero-order valence-electron chi connectivity index (χ0n) is 18.5. The fraction of sp³-hybridized carbons (Fsp3) is 0.476. The number of aryl methyl sites for hydroxylation is 1. The van der Waals surface area contributed by atoms with Crippen molar-refractivity contribution < 1.29 is 21.6 Å². The number of hydrogen-bond donors (Lipinski definition) is 2. The molecule has 3 rings (SSSR count). The Morgan fingerprint density at radius 1 is 1.19 bits per heavy atom. The molecule has 0 bridgehead atoms. The smallest absolute Gasteiger partial charge is 0.244 e. The van der Waals surface area contributed by atoms with Gasteiger partial charge in [0.05, 0.1) is 11.9 Å². The highest BCUT2D eigenvalue weighted by Crippen LogP contribution is 2.30. The lowest BCUT2D eigenvalue weighted by molar-refractivity contribution is 0.317. The molecular formula is C21H30N4O5S2. The second kappa shape index (κ2) is 9.74. The molecule has 0 amide bonds. The minimum absolute atomic E-state index is 0.0102. The summed E-state index contributed by atoms with van der Waals surface area (Å²) in [5.74, 6) is 1.18. The molecular weight excluding hydrogens is 452 g/mol. The van der Waals surface area contributed by atoms with E-state index in [1.165, 1.54) is 18.6 Å². The molecule has 2 aromatic rings. The molecule has 0 saturated carbocycles. The largest absolute Gasteiger partial charge is 0.494 e. The van der Waals surface area contributed by atoms with Crippen LogP contribution in [0, 0.1) is 6.92 Å². The molecule has 32 heavy (non-hydrogen) atoms. The van der Waals surface area contributed by atoms with Crippen molar-refractivity contribution in [3.05, 3.63) is 47.2 Å². The highest BCUT2D eigenvalue weighted by atomic mass is 32.2. The minimum Gasteiger partial charge on any atom is -0.494 e. The fourth-order valence-corrected chi connectivity index (χ4v) is 5.12. The molecule has 176 valence electrons. The molecule has 3 N–H and O–H groups in total. The van der Waals surface area contributed by atoms with Gasteiger partial charge in [0.2, 0.25) is 20.0 Å². The summed E-state index contributed by atoms with van der Waals surface area (Å²) < 4.78 is 57.0. The van der Waals surface area contributed by atoms with Gasteiger partial charge in [-0.2, -0.15) is 0 Å². The number of primary sulfonamides is 1. The van der Waals surface area contributed by atoms with E-state index in [0.29, 0.717) is 31.2 Å². The third-order valence-electron chi connectivity index (χ3n) is 5.35. The summed E-state index contributed by atoms with van der Waals surface area (Å²) in [7, 11) is -7.85. The van der Waals surface area contributed by atoms with Crippen LogP contribution in [0.25, 0.3) is 0 Å². The summed E-state index contributed by atoms with van der Waals surface area (Å²) in [4.78, 5) is 6.45. The van der Waals surface area contributed by atoms with E-state index in [1.54, 1.807) is 13.0 Å². The first-order valence-corrected chi connectivity index (χ1v) is 13.6. The van der Waals surface area contributed by atoms with E-state index < -0.39 is 25.3 Å². The van der Waals surface area contributed by atoms with Gasteiger partial charge >= 0.3 is 0 Å². The summed E-state index contributed by atoms with van der Waals surface area (Å²) >= 11 is 0. The molecule has 2 heterocycles. The van der Waals surface area contributed by atoms with Crippen molar-refractivity contribution in [2.75, 3.05) is 24.6 Å². The zero-order chi connectivity index (χ0) is 23.5. The number of ether oxygens (including phenoxy) is 1. The number of rotatable bonds is 9. The van der Waals surface area contributed by atoms with E-state index in [4.69, 9.17) is 9.88 Å². The number of benzene rings is 1. The van der Waals surface area contributed by atoms with Crippen LogP contribution >= 0.6 is 0 Å². The number of nitrogens with one attached hydrogen (secondary N) is 1. The number of fused-ring (bicyclic) bond motifs is 1. The quantitative estimate of drug-likeness (QED) is 0.556. The molecule has 1 atom stereocenters. The SMILES string of the molecule is CCCOc1ccc2c(c1)CCN(c1nc(C)ccc1S(=O)(=O)NCC(C)S(N)(=O)=O)C2. The minimum atomic E-state index is -4.00. The highest BCUT2D eigenvalue weighted by Gasteiger charge is 2.28. The standard InChI is InChI=1S/C21H30N4O5S2/c1-4-11-30-19-7-6-18-14-25(10-9-17(18)12-19)21-20(8-5-15(2)24-21)32(28,29)23-13-16(3)31(22,26)27/h5-8,12,16,23H,4,9-11,13-14H2,1-3H3,(H2,22,26,27). The van der Waals surface area contributed by atoms with Crippen LogP contribution < -0.4 is 19.5 Å². The lowest BCUT2D eigenvalue weighted by Gasteiger charge is -2.31. The number of sulfonamides is 2. The molecule has 0 fully saturated rings. The van der Waals surface area contributed by atoms with Gasteiger partial charge in [-0.1, -0.05) is 13.0 Å². The Balaban J connectivity index is 1.85. The molecule has 0 saturated heterocycles. The fourth-order valence-electron chi connectivity index (χ4n) is 3.41. The predicted molar refractivity (Wildman–Crippen MR) is 124 cm³/mol. The number of aromatic nitrogens is 1. The van der Waals surface area contributed by atoms with Crippen LogP contribution in [0.2, 0.25) is 0 Å². The van der Waals surface area contributed by atoms with Gasteiger partial charge in [-0.3, -0.25) is 0 Å². The van der Waals surface area contributed by atoms with E-state index in [1.807, 2.05) is 23.1 Å². The van der Waals surface area contributed by atoms with Gasteiger partial charge in [0.1, 0.15) is 16.5 Å². The van der Waals surface area contributed by atoms with Gasteiger partial charge in [0, 0.05) is 25.3 Å². The van der Waals surface area contributed by atoms with Crippen molar-refractivity contribution in [2.45, 2.75) is 50.3 Å². The molecule has 1 aromatic carbocycles. The third kappa shape index (κ3) is 5.77. The van der Waals surface area contributed by atoms with Crippen LogP contribution in [-0.4, -0.2) is 46.8 Å². The van der Waals surface area contributed by atoms with Crippen molar-refractivity contribution >= 4 is 25.9 Å². The predicted octanol–water partition coefficient (Wildman–Crippen LogP) is 1.70. The monoisotopic (exact) mass is 482 g/mol. The first-order valence-electron chi connectivity index (χ1n) is 10.5. The highest BCUT2D eigenvalue weighted by molar-refractivity contribution is 7.90. The number of anilines is 1. The Hall–Kier alpha value is -2.21. The van der Waals surface area contributed by atoms with Crippen LogP contribution in [0.1, 0.15) is 37.1 Å². The molecule has 1 aliphatic rings.